The zero-order chi connectivity index (χ0) is 13.4. The van der Waals surface area contributed by atoms with E-state index in [-0.39, 0.29) is 5.41 Å². The van der Waals surface area contributed by atoms with Crippen LogP contribution in [0.4, 0.5) is 0 Å². The zero-order valence-corrected chi connectivity index (χ0v) is 12.4. The summed E-state index contributed by atoms with van der Waals surface area (Å²) in [6, 6.07) is 0. The van der Waals surface area contributed by atoms with Crippen molar-refractivity contribution in [3.8, 4) is 0 Å². The molecule has 18 heavy (non-hydrogen) atoms. The number of hydrogen-bond acceptors (Lipinski definition) is 2. The Morgan fingerprint density at radius 2 is 2.28 bits per heavy atom. The Morgan fingerprint density at radius 1 is 1.56 bits per heavy atom. The lowest BCUT2D eigenvalue weighted by Gasteiger charge is -2.34. The summed E-state index contributed by atoms with van der Waals surface area (Å²) in [6.07, 6.45) is 5.48. The monoisotopic (exact) mass is 265 g/mol. The van der Waals surface area contributed by atoms with Crippen molar-refractivity contribution >= 4 is 23.0 Å². The molecule has 0 aliphatic heterocycles. The minimum Gasteiger partial charge on any atom is -0.358 e. The lowest BCUT2D eigenvalue weighted by Crippen LogP contribution is -2.36. The van der Waals surface area contributed by atoms with Crippen LogP contribution in [0.3, 0.4) is 0 Å². The van der Waals surface area contributed by atoms with Gasteiger partial charge in [0.05, 0.1) is 0 Å². The van der Waals surface area contributed by atoms with E-state index in [4.69, 9.17) is 12.2 Å². The maximum absolute atomic E-state index is 5.16. The Labute approximate surface area is 115 Å². The number of nitrogens with one attached hydrogen (secondary N) is 2. The van der Waals surface area contributed by atoms with Crippen LogP contribution in [0.2, 0.25) is 0 Å². The smallest absolute Gasteiger partial charge is 0.187 e. The molecule has 2 rings (SSSR count). The van der Waals surface area contributed by atoms with Gasteiger partial charge in [0, 0.05) is 17.7 Å². The summed E-state index contributed by atoms with van der Waals surface area (Å²) >= 11 is 5.16. The average Bonchev–Trinajstić information content (AvgIpc) is 2.66. The Morgan fingerprint density at radius 3 is 2.78 bits per heavy atom. The van der Waals surface area contributed by atoms with E-state index in [0.717, 1.165) is 12.3 Å². The predicted octanol–water partition coefficient (Wildman–Crippen LogP) is 2.84. The molecule has 2 aliphatic carbocycles. The molecule has 0 saturated heterocycles. The molecule has 0 amide bonds. The van der Waals surface area contributed by atoms with Crippen LogP contribution < -0.4 is 10.7 Å². The van der Waals surface area contributed by atoms with Crippen molar-refractivity contribution in [1.29, 1.82) is 0 Å². The predicted molar refractivity (Wildman–Crippen MR) is 80.6 cm³/mol. The summed E-state index contributed by atoms with van der Waals surface area (Å²) in [4.78, 5) is 0. The van der Waals surface area contributed by atoms with E-state index in [1.165, 1.54) is 18.6 Å². The SMILES string of the molecule is C=CCNC(=S)N/N=C1\C[C@@H]2CC[C@]1(C)C2(C)C. The summed E-state index contributed by atoms with van der Waals surface area (Å²) in [5.74, 6) is 0.776. The topological polar surface area (TPSA) is 36.4 Å². The third-order valence-corrected chi connectivity index (χ3v) is 5.45. The fraction of sp³-hybridized carbons (Fsp3) is 0.714. The number of hydrazone groups is 1. The summed E-state index contributed by atoms with van der Waals surface area (Å²) in [7, 11) is 0. The first-order chi connectivity index (χ1) is 8.41. The molecule has 0 heterocycles. The van der Waals surface area contributed by atoms with Crippen molar-refractivity contribution < 1.29 is 0 Å². The largest absolute Gasteiger partial charge is 0.358 e. The minimum absolute atomic E-state index is 0.235. The van der Waals surface area contributed by atoms with Gasteiger partial charge < -0.3 is 5.32 Å². The van der Waals surface area contributed by atoms with Crippen LogP contribution >= 0.6 is 12.2 Å². The van der Waals surface area contributed by atoms with Crippen molar-refractivity contribution in [1.82, 2.24) is 10.7 Å². The first-order valence-electron chi connectivity index (χ1n) is 6.63. The zero-order valence-electron chi connectivity index (χ0n) is 11.5. The fourth-order valence-corrected chi connectivity index (χ4v) is 3.55. The molecule has 2 N–H and O–H groups in total. The van der Waals surface area contributed by atoms with Crippen LogP contribution in [0.15, 0.2) is 17.8 Å². The molecule has 0 spiro atoms. The van der Waals surface area contributed by atoms with E-state index in [0.29, 0.717) is 17.1 Å². The Hall–Kier alpha value is -0.900. The third kappa shape index (κ3) is 1.96. The molecule has 0 aromatic rings. The second-order valence-electron chi connectivity index (χ2n) is 6.16. The highest BCUT2D eigenvalue weighted by Crippen LogP contribution is 2.63. The van der Waals surface area contributed by atoms with Gasteiger partial charge in [-0.25, -0.2) is 0 Å². The van der Waals surface area contributed by atoms with Crippen molar-refractivity contribution in [2.24, 2.45) is 21.8 Å². The molecular formula is C14H23N3S. The molecule has 2 fully saturated rings. The molecule has 4 heteroatoms. The normalized spacial score (nSPS) is 34.6. The number of nitrogens with zero attached hydrogens (tertiary/aromatic N) is 1. The Balaban J connectivity index is 2.03. The minimum atomic E-state index is 0.235. The van der Waals surface area contributed by atoms with E-state index < -0.39 is 0 Å². The third-order valence-electron chi connectivity index (χ3n) is 5.21. The molecule has 2 atom stereocenters. The number of hydrogen-bond donors (Lipinski definition) is 2. The van der Waals surface area contributed by atoms with Crippen molar-refractivity contribution in [3.63, 3.8) is 0 Å². The average molecular weight is 265 g/mol. The van der Waals surface area contributed by atoms with Gasteiger partial charge in [-0.2, -0.15) is 5.10 Å². The standard InChI is InChI=1S/C14H23N3S/c1-5-8-15-12(18)17-16-11-9-10-6-7-14(11,4)13(10,2)3/h5,10H,1,6-9H2,2-4H3,(H2,15,17,18)/b16-11+/t10-,14-/m0/s1. The molecule has 0 unspecified atom stereocenters. The highest BCUT2D eigenvalue weighted by molar-refractivity contribution is 7.80. The molecule has 2 bridgehead atoms. The summed E-state index contributed by atoms with van der Waals surface area (Å²) in [6.45, 7) is 11.4. The van der Waals surface area contributed by atoms with Crippen LogP contribution in [-0.4, -0.2) is 17.4 Å². The molecular weight excluding hydrogens is 242 g/mol. The van der Waals surface area contributed by atoms with Gasteiger partial charge in [-0.3, -0.25) is 5.43 Å². The summed E-state index contributed by atoms with van der Waals surface area (Å²) < 4.78 is 0. The molecule has 0 aromatic carbocycles. The number of fused-ring (bicyclic) bond motifs is 2. The summed E-state index contributed by atoms with van der Waals surface area (Å²) in [5, 5.41) is 8.16. The highest BCUT2D eigenvalue weighted by Gasteiger charge is 2.59. The van der Waals surface area contributed by atoms with E-state index in [2.05, 4.69) is 43.2 Å². The second-order valence-corrected chi connectivity index (χ2v) is 6.57. The molecule has 0 aromatic heterocycles. The molecule has 0 radical (unpaired) electrons. The van der Waals surface area contributed by atoms with Gasteiger partial charge in [0.15, 0.2) is 5.11 Å². The number of rotatable bonds is 3. The lowest BCUT2D eigenvalue weighted by atomic mass is 9.70. The van der Waals surface area contributed by atoms with Crippen LogP contribution in [0.25, 0.3) is 0 Å². The van der Waals surface area contributed by atoms with Gasteiger partial charge in [0.25, 0.3) is 0 Å². The van der Waals surface area contributed by atoms with Gasteiger partial charge in [-0.1, -0.05) is 26.8 Å². The van der Waals surface area contributed by atoms with E-state index in [1.54, 1.807) is 6.08 Å². The lowest BCUT2D eigenvalue weighted by molar-refractivity contribution is 0.193. The van der Waals surface area contributed by atoms with Gasteiger partial charge in [-0.05, 0) is 42.8 Å². The van der Waals surface area contributed by atoms with Crippen molar-refractivity contribution in [2.45, 2.75) is 40.0 Å². The molecule has 2 aliphatic rings. The second kappa shape index (κ2) is 4.65. The van der Waals surface area contributed by atoms with Crippen molar-refractivity contribution in [3.05, 3.63) is 12.7 Å². The number of thiocarbonyl (C=S) groups is 1. The van der Waals surface area contributed by atoms with Crippen LogP contribution in [-0.2, 0) is 0 Å². The highest BCUT2D eigenvalue weighted by atomic mass is 32.1. The molecule has 3 nitrogen and oxygen atoms in total. The summed E-state index contributed by atoms with van der Waals surface area (Å²) in [5.41, 5.74) is 4.85. The van der Waals surface area contributed by atoms with E-state index >= 15 is 0 Å². The van der Waals surface area contributed by atoms with Crippen molar-refractivity contribution in [2.75, 3.05) is 6.54 Å². The Kier molecular flexibility index (Phi) is 3.49. The van der Waals surface area contributed by atoms with Gasteiger partial charge in [-0.15, -0.1) is 6.58 Å². The van der Waals surface area contributed by atoms with Crippen LogP contribution in [0.1, 0.15) is 40.0 Å². The van der Waals surface area contributed by atoms with Gasteiger partial charge in [0.1, 0.15) is 0 Å². The quantitative estimate of drug-likeness (QED) is 0.468. The van der Waals surface area contributed by atoms with Crippen LogP contribution in [0, 0.1) is 16.7 Å². The maximum Gasteiger partial charge on any atom is 0.187 e. The molecule has 2 saturated carbocycles. The van der Waals surface area contributed by atoms with E-state index in [1.807, 2.05) is 0 Å². The maximum atomic E-state index is 5.16. The van der Waals surface area contributed by atoms with E-state index in [9.17, 15) is 0 Å². The molecule has 100 valence electrons. The first kappa shape index (κ1) is 13.5. The van der Waals surface area contributed by atoms with Crippen LogP contribution in [0.5, 0.6) is 0 Å². The van der Waals surface area contributed by atoms with Gasteiger partial charge >= 0.3 is 0 Å². The van der Waals surface area contributed by atoms with Gasteiger partial charge in [0.2, 0.25) is 0 Å². The first-order valence-corrected chi connectivity index (χ1v) is 7.04. The fourth-order valence-electron chi connectivity index (χ4n) is 3.42. The Bertz CT molecular complexity index is 400.